The lowest BCUT2D eigenvalue weighted by Crippen LogP contribution is -1.99. The van der Waals surface area contributed by atoms with Gasteiger partial charge in [-0.3, -0.25) is 0 Å². The van der Waals surface area contributed by atoms with Gasteiger partial charge < -0.3 is 5.73 Å². The van der Waals surface area contributed by atoms with Gasteiger partial charge in [-0.2, -0.15) is 0 Å². The molecule has 2 aromatic rings. The zero-order valence-electron chi connectivity index (χ0n) is 14.2. The van der Waals surface area contributed by atoms with E-state index in [2.05, 4.69) is 68.6 Å². The van der Waals surface area contributed by atoms with Crippen LogP contribution in [0.5, 0.6) is 0 Å². The van der Waals surface area contributed by atoms with Crippen LogP contribution in [-0.4, -0.2) is 0 Å². The van der Waals surface area contributed by atoms with Gasteiger partial charge in [0.05, 0.1) is 0 Å². The standard InChI is InChI=1S/C22H25NS/c1-4-17(3)10-9-13-20-19(5-2)14-15-21(22(20)23)24-16-18-11-7-6-8-12-18/h4-12,14-15,17H,1-2,13,16,23H2,3H3/b10-9-. The minimum absolute atomic E-state index is 0.369. The molecule has 124 valence electrons. The highest BCUT2D eigenvalue weighted by Crippen LogP contribution is 2.33. The van der Waals surface area contributed by atoms with Crippen LogP contribution in [0.1, 0.15) is 23.6 Å². The van der Waals surface area contributed by atoms with Crippen LogP contribution in [0.3, 0.4) is 0 Å². The fraction of sp³-hybridized carbons (Fsp3) is 0.182. The number of thioether (sulfide) groups is 1. The Balaban J connectivity index is 2.18. The fourth-order valence-corrected chi connectivity index (χ4v) is 3.38. The molecule has 1 nitrogen and oxygen atoms in total. The zero-order valence-corrected chi connectivity index (χ0v) is 15.1. The predicted molar refractivity (Wildman–Crippen MR) is 109 cm³/mol. The van der Waals surface area contributed by atoms with E-state index >= 15 is 0 Å². The molecule has 2 aromatic carbocycles. The molecule has 1 atom stereocenters. The number of benzene rings is 2. The van der Waals surface area contributed by atoms with Gasteiger partial charge >= 0.3 is 0 Å². The molecular weight excluding hydrogens is 310 g/mol. The maximum Gasteiger partial charge on any atom is 0.0494 e. The third-order valence-corrected chi connectivity index (χ3v) is 5.09. The maximum absolute atomic E-state index is 6.45. The van der Waals surface area contributed by atoms with Crippen molar-refractivity contribution in [1.82, 2.24) is 0 Å². The number of anilines is 1. The van der Waals surface area contributed by atoms with Crippen LogP contribution in [0.4, 0.5) is 5.69 Å². The summed E-state index contributed by atoms with van der Waals surface area (Å²) in [4.78, 5) is 1.13. The summed E-state index contributed by atoms with van der Waals surface area (Å²) in [7, 11) is 0. The van der Waals surface area contributed by atoms with E-state index in [9.17, 15) is 0 Å². The van der Waals surface area contributed by atoms with Crippen LogP contribution in [0, 0.1) is 5.92 Å². The SMILES string of the molecule is C=Cc1ccc(SCc2ccccc2)c(N)c1C/C=C\C(C)C=C. The zero-order chi connectivity index (χ0) is 17.4. The summed E-state index contributed by atoms with van der Waals surface area (Å²) in [5.41, 5.74) is 10.9. The van der Waals surface area contributed by atoms with Crippen molar-refractivity contribution in [2.24, 2.45) is 5.92 Å². The molecule has 0 aliphatic rings. The molecule has 0 bridgehead atoms. The second-order valence-electron chi connectivity index (χ2n) is 5.75. The van der Waals surface area contributed by atoms with Gasteiger partial charge in [-0.15, -0.1) is 18.3 Å². The summed E-state index contributed by atoms with van der Waals surface area (Å²) < 4.78 is 0. The molecule has 2 N–H and O–H groups in total. The van der Waals surface area contributed by atoms with Gasteiger partial charge in [-0.05, 0) is 35.1 Å². The predicted octanol–water partition coefficient (Wildman–Crippen LogP) is 6.12. The normalized spacial score (nSPS) is 12.2. The largest absolute Gasteiger partial charge is 0.398 e. The third-order valence-electron chi connectivity index (χ3n) is 3.94. The van der Waals surface area contributed by atoms with Crippen molar-refractivity contribution in [3.63, 3.8) is 0 Å². The average molecular weight is 336 g/mol. The first-order valence-electron chi connectivity index (χ1n) is 8.15. The summed E-state index contributed by atoms with van der Waals surface area (Å²) in [6, 6.07) is 14.7. The van der Waals surface area contributed by atoms with Gasteiger partial charge in [0.15, 0.2) is 0 Å². The van der Waals surface area contributed by atoms with Crippen LogP contribution < -0.4 is 5.73 Å². The summed E-state index contributed by atoms with van der Waals surface area (Å²) >= 11 is 1.78. The molecule has 0 aliphatic heterocycles. The lowest BCUT2D eigenvalue weighted by atomic mass is 10.0. The van der Waals surface area contributed by atoms with E-state index in [1.807, 2.05) is 18.2 Å². The molecule has 0 aromatic heterocycles. The first-order valence-corrected chi connectivity index (χ1v) is 9.14. The molecule has 0 fully saturated rings. The number of nitrogens with two attached hydrogens (primary N) is 1. The lowest BCUT2D eigenvalue weighted by Gasteiger charge is -2.13. The topological polar surface area (TPSA) is 26.0 Å². The number of nitrogen functional groups attached to an aromatic ring is 1. The van der Waals surface area contributed by atoms with E-state index in [1.54, 1.807) is 11.8 Å². The highest BCUT2D eigenvalue weighted by Gasteiger charge is 2.09. The smallest absolute Gasteiger partial charge is 0.0494 e. The first-order chi connectivity index (χ1) is 11.7. The molecule has 0 radical (unpaired) electrons. The van der Waals surface area contributed by atoms with Gasteiger partial charge in [0.25, 0.3) is 0 Å². The quantitative estimate of drug-likeness (QED) is 0.357. The van der Waals surface area contributed by atoms with Crippen molar-refractivity contribution >= 4 is 23.5 Å². The Labute approximate surface area is 150 Å². The summed E-state index contributed by atoms with van der Waals surface area (Å²) in [6.45, 7) is 9.84. The van der Waals surface area contributed by atoms with Crippen molar-refractivity contribution in [1.29, 1.82) is 0 Å². The molecule has 0 saturated carbocycles. The highest BCUT2D eigenvalue weighted by atomic mass is 32.2. The molecule has 0 saturated heterocycles. The molecule has 0 spiro atoms. The monoisotopic (exact) mass is 335 g/mol. The molecule has 2 heteroatoms. The van der Waals surface area contributed by atoms with Gasteiger partial charge in [-0.25, -0.2) is 0 Å². The molecule has 1 unspecified atom stereocenters. The van der Waals surface area contributed by atoms with Crippen molar-refractivity contribution in [2.75, 3.05) is 5.73 Å². The summed E-state index contributed by atoms with van der Waals surface area (Å²) in [5, 5.41) is 0. The second-order valence-corrected chi connectivity index (χ2v) is 6.77. The lowest BCUT2D eigenvalue weighted by molar-refractivity contribution is 0.936. The molecule has 0 aliphatic carbocycles. The molecule has 0 heterocycles. The van der Waals surface area contributed by atoms with E-state index in [4.69, 9.17) is 5.73 Å². The van der Waals surface area contributed by atoms with Crippen molar-refractivity contribution in [2.45, 2.75) is 24.0 Å². The van der Waals surface area contributed by atoms with E-state index in [0.717, 1.165) is 33.9 Å². The molecule has 0 amide bonds. The van der Waals surface area contributed by atoms with Crippen LogP contribution >= 0.6 is 11.8 Å². The second kappa shape index (κ2) is 9.19. The van der Waals surface area contributed by atoms with Crippen LogP contribution in [0.2, 0.25) is 0 Å². The maximum atomic E-state index is 6.45. The van der Waals surface area contributed by atoms with Crippen molar-refractivity contribution in [3.8, 4) is 0 Å². The van der Waals surface area contributed by atoms with E-state index in [1.165, 1.54) is 5.56 Å². The van der Waals surface area contributed by atoms with Crippen LogP contribution in [-0.2, 0) is 12.2 Å². The Bertz CT molecular complexity index is 716. The molecule has 24 heavy (non-hydrogen) atoms. The average Bonchev–Trinajstić information content (AvgIpc) is 2.62. The van der Waals surface area contributed by atoms with Crippen LogP contribution in [0.25, 0.3) is 6.08 Å². The number of allylic oxidation sites excluding steroid dienone is 3. The minimum atomic E-state index is 0.369. The highest BCUT2D eigenvalue weighted by molar-refractivity contribution is 7.98. The van der Waals surface area contributed by atoms with Gasteiger partial charge in [0, 0.05) is 16.3 Å². The summed E-state index contributed by atoms with van der Waals surface area (Å²) in [6.07, 6.45) is 8.94. The Morgan fingerprint density at radius 1 is 1.12 bits per heavy atom. The van der Waals surface area contributed by atoms with Crippen LogP contribution in [0.15, 0.2) is 78.7 Å². The van der Waals surface area contributed by atoms with Crippen molar-refractivity contribution in [3.05, 3.63) is 90.5 Å². The van der Waals surface area contributed by atoms with Gasteiger partial charge in [0.2, 0.25) is 0 Å². The van der Waals surface area contributed by atoms with Gasteiger partial charge in [0.1, 0.15) is 0 Å². The fourth-order valence-electron chi connectivity index (χ4n) is 2.42. The minimum Gasteiger partial charge on any atom is -0.398 e. The Hall–Kier alpha value is -2.19. The first kappa shape index (κ1) is 18.2. The Morgan fingerprint density at radius 2 is 1.88 bits per heavy atom. The van der Waals surface area contributed by atoms with E-state index in [0.29, 0.717) is 5.92 Å². The molecular formula is C22H25NS. The number of rotatable bonds is 8. The molecule has 2 rings (SSSR count). The van der Waals surface area contributed by atoms with Gasteiger partial charge in [-0.1, -0.05) is 74.2 Å². The van der Waals surface area contributed by atoms with Crippen molar-refractivity contribution < 1.29 is 0 Å². The van der Waals surface area contributed by atoms with E-state index < -0.39 is 0 Å². The van der Waals surface area contributed by atoms with E-state index in [-0.39, 0.29) is 0 Å². The third kappa shape index (κ3) is 4.90. The Morgan fingerprint density at radius 3 is 2.54 bits per heavy atom. The number of hydrogen-bond donors (Lipinski definition) is 1. The number of hydrogen-bond acceptors (Lipinski definition) is 2. The Kier molecular flexibility index (Phi) is 6.95. The summed E-state index contributed by atoms with van der Waals surface area (Å²) in [5.74, 6) is 1.29.